The molecule has 0 aliphatic carbocycles. The van der Waals surface area contributed by atoms with Crippen LogP contribution in [0, 0.1) is 0 Å². The van der Waals surface area contributed by atoms with Crippen molar-refractivity contribution < 1.29 is 14.3 Å². The lowest BCUT2D eigenvalue weighted by atomic mass is 10.1. The predicted octanol–water partition coefficient (Wildman–Crippen LogP) is 1.24. The van der Waals surface area contributed by atoms with Crippen LogP contribution in [-0.2, 0) is 11.8 Å². The molecule has 1 aromatic carbocycles. The van der Waals surface area contributed by atoms with Gasteiger partial charge in [0, 0.05) is 18.8 Å². The lowest BCUT2D eigenvalue weighted by Crippen LogP contribution is -2.32. The molecule has 0 saturated carbocycles. The van der Waals surface area contributed by atoms with Crippen LogP contribution >= 0.6 is 0 Å². The molecule has 0 radical (unpaired) electrons. The van der Waals surface area contributed by atoms with Crippen molar-refractivity contribution in [2.75, 3.05) is 6.61 Å². The molecule has 0 atom stereocenters. The summed E-state index contributed by atoms with van der Waals surface area (Å²) >= 11 is 0. The molecule has 7 heteroatoms. The molecule has 7 nitrogen and oxygen atoms in total. The van der Waals surface area contributed by atoms with Crippen LogP contribution in [0.2, 0.25) is 0 Å². The van der Waals surface area contributed by atoms with Crippen LogP contribution in [0.1, 0.15) is 17.4 Å². The highest BCUT2D eigenvalue weighted by Crippen LogP contribution is 2.14. The van der Waals surface area contributed by atoms with Gasteiger partial charge in [0.2, 0.25) is 0 Å². The number of ether oxygens (including phenoxy) is 1. The maximum Gasteiger partial charge on any atom is 0.435 e. The Morgan fingerprint density at radius 2 is 2.00 bits per heavy atom. The molecule has 2 amide bonds. The van der Waals surface area contributed by atoms with Crippen molar-refractivity contribution in [3.05, 3.63) is 47.7 Å². The number of aromatic nitrogens is 2. The number of aryl methyl sites for hydroxylation is 1. The van der Waals surface area contributed by atoms with E-state index in [1.54, 1.807) is 20.2 Å². The Labute approximate surface area is 127 Å². The van der Waals surface area contributed by atoms with E-state index in [-0.39, 0.29) is 17.8 Å². The van der Waals surface area contributed by atoms with E-state index in [0.29, 0.717) is 5.69 Å². The van der Waals surface area contributed by atoms with Gasteiger partial charge < -0.3 is 15.0 Å². The molecule has 0 fully saturated rings. The third-order valence-electron chi connectivity index (χ3n) is 2.86. The molecule has 2 rings (SSSR count). The van der Waals surface area contributed by atoms with E-state index in [0.717, 1.165) is 5.56 Å². The first kappa shape index (κ1) is 15.4. The number of carbonyl (C=O) groups is 2. The van der Waals surface area contributed by atoms with E-state index >= 15 is 0 Å². The number of amides is 2. The van der Waals surface area contributed by atoms with Crippen molar-refractivity contribution in [1.29, 1.82) is 0 Å². The molecule has 0 aliphatic rings. The van der Waals surface area contributed by atoms with Gasteiger partial charge >= 0.3 is 6.09 Å². The molecular formula is C15H16N4O3. The van der Waals surface area contributed by atoms with E-state index < -0.39 is 12.0 Å². The van der Waals surface area contributed by atoms with Gasteiger partial charge in [-0.05, 0) is 6.92 Å². The summed E-state index contributed by atoms with van der Waals surface area (Å²) in [5.41, 5.74) is 6.71. The molecule has 0 bridgehead atoms. The number of rotatable bonds is 3. The summed E-state index contributed by atoms with van der Waals surface area (Å²) in [5, 5.41) is 0. The summed E-state index contributed by atoms with van der Waals surface area (Å²) < 4.78 is 6.27. The highest BCUT2D eigenvalue weighted by atomic mass is 16.5. The Kier molecular flexibility index (Phi) is 4.67. The normalized spacial score (nSPS) is 11.3. The second kappa shape index (κ2) is 6.66. The minimum atomic E-state index is -0.796. The number of hydrogen-bond donors (Lipinski definition) is 1. The van der Waals surface area contributed by atoms with Gasteiger partial charge in [-0.1, -0.05) is 30.3 Å². The fourth-order valence-corrected chi connectivity index (χ4v) is 1.90. The number of carbonyl (C=O) groups excluding carboxylic acids is 2. The Bertz CT molecular complexity index is 766. The van der Waals surface area contributed by atoms with Gasteiger partial charge in [0.25, 0.3) is 5.91 Å². The summed E-state index contributed by atoms with van der Waals surface area (Å²) in [6.45, 7) is 1.85. The average Bonchev–Trinajstić information content (AvgIpc) is 2.50. The number of hydrogen-bond acceptors (Lipinski definition) is 4. The third kappa shape index (κ3) is 3.38. The van der Waals surface area contributed by atoms with E-state index in [1.165, 1.54) is 4.57 Å². The van der Waals surface area contributed by atoms with E-state index in [9.17, 15) is 9.59 Å². The largest absolute Gasteiger partial charge is 0.448 e. The molecule has 0 unspecified atom stereocenters. The molecule has 1 heterocycles. The number of nitrogens with zero attached hydrogens (tertiary/aromatic N) is 3. The summed E-state index contributed by atoms with van der Waals surface area (Å²) in [5.74, 6) is -0.767. The van der Waals surface area contributed by atoms with Gasteiger partial charge in [-0.15, -0.1) is 0 Å². The third-order valence-corrected chi connectivity index (χ3v) is 2.86. The van der Waals surface area contributed by atoms with Crippen LogP contribution in [0.15, 0.2) is 41.5 Å². The molecule has 0 spiro atoms. The van der Waals surface area contributed by atoms with Crippen molar-refractivity contribution in [3.63, 3.8) is 0 Å². The van der Waals surface area contributed by atoms with Crippen molar-refractivity contribution in [1.82, 2.24) is 9.55 Å². The maximum atomic E-state index is 11.6. The Balaban J connectivity index is 2.62. The first-order valence-corrected chi connectivity index (χ1v) is 6.67. The van der Waals surface area contributed by atoms with E-state index in [1.807, 2.05) is 30.3 Å². The van der Waals surface area contributed by atoms with Crippen LogP contribution in [0.5, 0.6) is 0 Å². The zero-order valence-electron chi connectivity index (χ0n) is 12.3. The second-order valence-electron chi connectivity index (χ2n) is 4.45. The molecular weight excluding hydrogens is 284 g/mol. The van der Waals surface area contributed by atoms with Crippen LogP contribution in [-0.4, -0.2) is 28.2 Å². The van der Waals surface area contributed by atoms with E-state index in [2.05, 4.69) is 9.98 Å². The zero-order chi connectivity index (χ0) is 16.1. The molecule has 114 valence electrons. The molecule has 2 N–H and O–H groups in total. The summed E-state index contributed by atoms with van der Waals surface area (Å²) in [7, 11) is 1.65. The fraction of sp³-hybridized carbons (Fsp3) is 0.200. The number of nitrogens with two attached hydrogens (primary N) is 1. The van der Waals surface area contributed by atoms with E-state index in [4.69, 9.17) is 10.5 Å². The molecule has 1 aromatic heterocycles. The predicted molar refractivity (Wildman–Crippen MR) is 79.7 cm³/mol. The van der Waals surface area contributed by atoms with Crippen LogP contribution in [0.4, 0.5) is 4.79 Å². The summed E-state index contributed by atoms with van der Waals surface area (Å²) in [6.07, 6.45) is 0.870. The van der Waals surface area contributed by atoms with Gasteiger partial charge in [-0.3, -0.25) is 4.79 Å². The van der Waals surface area contributed by atoms with Gasteiger partial charge in [-0.2, -0.15) is 4.99 Å². The van der Waals surface area contributed by atoms with Crippen molar-refractivity contribution in [2.24, 2.45) is 17.8 Å². The smallest absolute Gasteiger partial charge is 0.435 e. The van der Waals surface area contributed by atoms with Crippen molar-refractivity contribution in [2.45, 2.75) is 6.92 Å². The fourth-order valence-electron chi connectivity index (χ4n) is 1.90. The molecule has 2 aromatic rings. The van der Waals surface area contributed by atoms with Gasteiger partial charge in [0.05, 0.1) is 12.3 Å². The first-order valence-electron chi connectivity index (χ1n) is 6.67. The van der Waals surface area contributed by atoms with Gasteiger partial charge in [0.15, 0.2) is 11.2 Å². The Morgan fingerprint density at radius 1 is 1.32 bits per heavy atom. The Hall–Kier alpha value is -2.96. The minimum absolute atomic E-state index is 0.0608. The highest BCUT2D eigenvalue weighted by Gasteiger charge is 2.13. The topological polar surface area (TPSA) is 99.6 Å². The van der Waals surface area contributed by atoms with Gasteiger partial charge in [-0.25, -0.2) is 9.78 Å². The minimum Gasteiger partial charge on any atom is -0.448 e. The summed E-state index contributed by atoms with van der Waals surface area (Å²) in [6, 6.07) is 9.31. The zero-order valence-corrected chi connectivity index (χ0v) is 12.3. The van der Waals surface area contributed by atoms with Crippen LogP contribution in [0.3, 0.4) is 0 Å². The number of benzene rings is 1. The lowest BCUT2D eigenvalue weighted by molar-refractivity contribution is 0.0993. The van der Waals surface area contributed by atoms with Crippen LogP contribution < -0.4 is 11.2 Å². The van der Waals surface area contributed by atoms with Crippen molar-refractivity contribution >= 4 is 12.0 Å². The monoisotopic (exact) mass is 300 g/mol. The SMILES string of the molecule is CCOC(=O)/N=c1/c(C(N)=O)nc(-c2ccccc2)cn1C. The first-order chi connectivity index (χ1) is 10.5. The maximum absolute atomic E-state index is 11.6. The van der Waals surface area contributed by atoms with Crippen molar-refractivity contribution in [3.8, 4) is 11.3 Å². The lowest BCUT2D eigenvalue weighted by Gasteiger charge is -2.08. The quantitative estimate of drug-likeness (QED) is 0.921. The van der Waals surface area contributed by atoms with Crippen LogP contribution in [0.25, 0.3) is 11.3 Å². The van der Waals surface area contributed by atoms with Gasteiger partial charge in [0.1, 0.15) is 0 Å². The molecule has 0 aliphatic heterocycles. The second-order valence-corrected chi connectivity index (χ2v) is 4.45. The Morgan fingerprint density at radius 3 is 2.59 bits per heavy atom. The molecule has 22 heavy (non-hydrogen) atoms. The average molecular weight is 300 g/mol. The number of primary amides is 1. The molecule has 0 saturated heterocycles. The summed E-state index contributed by atoms with van der Waals surface area (Å²) in [4.78, 5) is 31.1. The standard InChI is InChI=1S/C15H16N4O3/c1-3-22-15(21)18-14-12(13(16)20)17-11(9-19(14)2)10-7-5-4-6-8-10/h4-9H,3H2,1-2H3,(H2,16,20)/b18-14-. The highest BCUT2D eigenvalue weighted by molar-refractivity contribution is 5.91.